The lowest BCUT2D eigenvalue weighted by molar-refractivity contribution is -0.123. The molecule has 2 atom stereocenters. The molecule has 0 aliphatic carbocycles. The normalized spacial score (nSPS) is 19.6. The number of benzene rings is 2. The van der Waals surface area contributed by atoms with Gasteiger partial charge in [0.05, 0.1) is 16.7 Å². The van der Waals surface area contributed by atoms with Crippen LogP contribution in [0.4, 0.5) is 0 Å². The van der Waals surface area contributed by atoms with Gasteiger partial charge in [0.25, 0.3) is 0 Å². The summed E-state index contributed by atoms with van der Waals surface area (Å²) in [5, 5.41) is 11.6. The van der Waals surface area contributed by atoms with Crippen molar-refractivity contribution >= 4 is 33.9 Å². The van der Waals surface area contributed by atoms with Gasteiger partial charge in [-0.05, 0) is 49.4 Å². The lowest BCUT2D eigenvalue weighted by atomic mass is 9.84. The van der Waals surface area contributed by atoms with Crippen LogP contribution in [-0.2, 0) is 16.0 Å². The van der Waals surface area contributed by atoms with Crippen molar-refractivity contribution in [2.24, 2.45) is 0 Å². The van der Waals surface area contributed by atoms with Gasteiger partial charge in [-0.3, -0.25) is 9.59 Å². The Morgan fingerprint density at radius 3 is 2.77 bits per heavy atom. The van der Waals surface area contributed by atoms with E-state index in [1.54, 1.807) is 11.3 Å². The molecule has 1 fully saturated rings. The summed E-state index contributed by atoms with van der Waals surface area (Å²) in [6.07, 6.45) is 3.01. The van der Waals surface area contributed by atoms with Crippen molar-refractivity contribution in [2.45, 2.75) is 57.5 Å². The fraction of sp³-hybridized carbons (Fsp3) is 0.375. The molecule has 1 aromatic heterocycles. The molecule has 0 saturated carbocycles. The lowest BCUT2D eigenvalue weighted by Crippen LogP contribution is -2.44. The zero-order chi connectivity index (χ0) is 21.1. The van der Waals surface area contributed by atoms with Crippen LogP contribution in [0.5, 0.6) is 0 Å². The van der Waals surface area contributed by atoms with Crippen molar-refractivity contribution in [2.75, 3.05) is 0 Å². The Kier molecular flexibility index (Phi) is 5.86. The molecule has 156 valence electrons. The van der Waals surface area contributed by atoms with E-state index in [4.69, 9.17) is 0 Å². The van der Waals surface area contributed by atoms with Gasteiger partial charge >= 0.3 is 0 Å². The Morgan fingerprint density at radius 1 is 1.27 bits per heavy atom. The number of aryl methyl sites for hydroxylation is 1. The molecule has 0 bridgehead atoms. The number of hydrogen-bond donors (Lipinski definition) is 2. The first-order chi connectivity index (χ1) is 14.4. The molecule has 2 N–H and O–H groups in total. The number of fused-ring (bicyclic) bond motifs is 1. The first-order valence-corrected chi connectivity index (χ1v) is 11.3. The monoisotopic (exact) mass is 421 g/mol. The maximum Gasteiger partial charge on any atom is 0.220 e. The summed E-state index contributed by atoms with van der Waals surface area (Å²) in [6, 6.07) is 14.6. The van der Waals surface area contributed by atoms with E-state index in [1.165, 1.54) is 16.3 Å². The summed E-state index contributed by atoms with van der Waals surface area (Å²) < 4.78 is 0. The average molecular weight is 422 g/mol. The van der Waals surface area contributed by atoms with Gasteiger partial charge in [0.2, 0.25) is 11.8 Å². The van der Waals surface area contributed by atoms with Crippen molar-refractivity contribution in [1.82, 2.24) is 15.6 Å². The molecule has 5 nitrogen and oxygen atoms in total. The van der Waals surface area contributed by atoms with E-state index >= 15 is 0 Å². The van der Waals surface area contributed by atoms with E-state index in [9.17, 15) is 9.59 Å². The van der Waals surface area contributed by atoms with Crippen molar-refractivity contribution in [3.05, 3.63) is 64.1 Å². The molecular formula is C24H27N3O2S. The second-order valence-corrected chi connectivity index (χ2v) is 9.33. The summed E-state index contributed by atoms with van der Waals surface area (Å²) in [4.78, 5) is 29.1. The van der Waals surface area contributed by atoms with Gasteiger partial charge in [0.1, 0.15) is 0 Å². The number of amides is 2. The van der Waals surface area contributed by atoms with Crippen molar-refractivity contribution in [3.8, 4) is 0 Å². The van der Waals surface area contributed by atoms with Crippen LogP contribution in [0.1, 0.15) is 54.9 Å². The molecule has 30 heavy (non-hydrogen) atoms. The number of carbonyl (C=O) groups is 2. The quantitative estimate of drug-likeness (QED) is 0.592. The van der Waals surface area contributed by atoms with E-state index in [1.807, 2.05) is 31.4 Å². The predicted octanol–water partition coefficient (Wildman–Crippen LogP) is 4.45. The van der Waals surface area contributed by atoms with Crippen LogP contribution in [0.3, 0.4) is 0 Å². The summed E-state index contributed by atoms with van der Waals surface area (Å²) in [5.74, 6) is 0.0645. The van der Waals surface area contributed by atoms with Crippen LogP contribution in [0.15, 0.2) is 47.8 Å². The lowest BCUT2D eigenvalue weighted by Gasteiger charge is -2.29. The van der Waals surface area contributed by atoms with Gasteiger partial charge in [-0.2, -0.15) is 0 Å². The highest BCUT2D eigenvalue weighted by atomic mass is 32.1. The minimum Gasteiger partial charge on any atom is -0.350 e. The second kappa shape index (κ2) is 8.56. The predicted molar refractivity (Wildman–Crippen MR) is 120 cm³/mol. The SMILES string of the molecule is Cc1nc([C@@H](C)NC(=O)CC[C@@]2(Cc3ccc4ccccc4c3)CCC(=O)N2)cs1. The van der Waals surface area contributed by atoms with Crippen LogP contribution >= 0.6 is 11.3 Å². The Labute approximate surface area is 180 Å². The van der Waals surface area contributed by atoms with Crippen molar-refractivity contribution in [3.63, 3.8) is 0 Å². The zero-order valence-corrected chi connectivity index (χ0v) is 18.2. The van der Waals surface area contributed by atoms with Crippen LogP contribution in [0.2, 0.25) is 0 Å². The summed E-state index contributed by atoms with van der Waals surface area (Å²) in [7, 11) is 0. The molecule has 1 aliphatic heterocycles. The Morgan fingerprint density at radius 2 is 2.07 bits per heavy atom. The minimum absolute atomic E-state index is 0.00723. The highest BCUT2D eigenvalue weighted by Crippen LogP contribution is 2.31. The topological polar surface area (TPSA) is 71.1 Å². The maximum atomic E-state index is 12.6. The fourth-order valence-electron chi connectivity index (χ4n) is 4.24. The number of hydrogen-bond acceptors (Lipinski definition) is 4. The number of thiazole rings is 1. The van der Waals surface area contributed by atoms with Gasteiger partial charge in [0, 0.05) is 23.8 Å². The van der Waals surface area contributed by atoms with Gasteiger partial charge in [-0.15, -0.1) is 11.3 Å². The van der Waals surface area contributed by atoms with Crippen molar-refractivity contribution in [1.29, 1.82) is 0 Å². The van der Waals surface area contributed by atoms with E-state index in [0.717, 1.165) is 23.5 Å². The largest absolute Gasteiger partial charge is 0.350 e. The summed E-state index contributed by atoms with van der Waals surface area (Å²) in [5.41, 5.74) is 1.71. The van der Waals surface area contributed by atoms with Gasteiger partial charge < -0.3 is 10.6 Å². The van der Waals surface area contributed by atoms with Crippen molar-refractivity contribution < 1.29 is 9.59 Å². The molecule has 6 heteroatoms. The zero-order valence-electron chi connectivity index (χ0n) is 17.4. The van der Waals surface area contributed by atoms with Crippen LogP contribution in [-0.4, -0.2) is 22.3 Å². The van der Waals surface area contributed by atoms with Gasteiger partial charge in [-0.25, -0.2) is 4.98 Å². The molecule has 0 unspecified atom stereocenters. The molecule has 0 spiro atoms. The fourth-order valence-corrected chi connectivity index (χ4v) is 4.95. The maximum absolute atomic E-state index is 12.6. The van der Waals surface area contributed by atoms with E-state index in [2.05, 4.69) is 45.9 Å². The molecular weight excluding hydrogens is 394 g/mol. The molecule has 1 saturated heterocycles. The minimum atomic E-state index is -0.364. The number of nitrogens with one attached hydrogen (secondary N) is 2. The first-order valence-electron chi connectivity index (χ1n) is 10.4. The highest BCUT2D eigenvalue weighted by molar-refractivity contribution is 7.09. The molecule has 2 amide bonds. The molecule has 4 rings (SSSR count). The van der Waals surface area contributed by atoms with Crippen LogP contribution in [0, 0.1) is 6.92 Å². The molecule has 3 aromatic rings. The van der Waals surface area contributed by atoms with Crippen LogP contribution < -0.4 is 10.6 Å². The number of nitrogens with zero attached hydrogens (tertiary/aromatic N) is 1. The highest BCUT2D eigenvalue weighted by Gasteiger charge is 2.38. The Hall–Kier alpha value is -2.73. The smallest absolute Gasteiger partial charge is 0.220 e. The summed E-state index contributed by atoms with van der Waals surface area (Å²) in [6.45, 7) is 3.91. The third-order valence-electron chi connectivity index (χ3n) is 5.88. The van der Waals surface area contributed by atoms with Gasteiger partial charge in [0.15, 0.2) is 0 Å². The van der Waals surface area contributed by atoms with E-state index in [-0.39, 0.29) is 23.4 Å². The molecule has 0 radical (unpaired) electrons. The molecule has 2 aromatic carbocycles. The number of aromatic nitrogens is 1. The first kappa shape index (κ1) is 20.5. The molecule has 2 heterocycles. The molecule has 1 aliphatic rings. The standard InChI is InChI=1S/C24H27N3O2S/c1-16(21-15-30-17(2)26-21)25-22(28)9-11-24(12-10-23(29)27-24)14-18-7-8-19-5-3-4-6-20(19)13-18/h3-8,13,15-16H,9-12,14H2,1-2H3,(H,25,28)(H,27,29)/t16-,24+/m1/s1. The second-order valence-electron chi connectivity index (χ2n) is 8.27. The van der Waals surface area contributed by atoms with E-state index < -0.39 is 0 Å². The third kappa shape index (κ3) is 4.70. The Bertz CT molecular complexity index is 1080. The Balaban J connectivity index is 1.42. The van der Waals surface area contributed by atoms with Gasteiger partial charge in [-0.1, -0.05) is 42.5 Å². The summed E-state index contributed by atoms with van der Waals surface area (Å²) >= 11 is 1.59. The van der Waals surface area contributed by atoms with Crippen LogP contribution in [0.25, 0.3) is 10.8 Å². The van der Waals surface area contributed by atoms with E-state index in [0.29, 0.717) is 19.3 Å². The average Bonchev–Trinajstić information content (AvgIpc) is 3.32. The number of rotatable bonds is 7. The third-order valence-corrected chi connectivity index (χ3v) is 6.67. The number of carbonyl (C=O) groups excluding carboxylic acids is 2.